The molecule has 1 aromatic heterocycles. The zero-order chi connectivity index (χ0) is 23.7. The van der Waals surface area contributed by atoms with Crippen LogP contribution in [0.15, 0.2) is 51.9 Å². The number of hydrogen-bond acceptors (Lipinski definition) is 10. The molecule has 0 saturated carbocycles. The van der Waals surface area contributed by atoms with Crippen LogP contribution in [0.1, 0.15) is 0 Å². The van der Waals surface area contributed by atoms with Crippen LogP contribution in [0.4, 0.5) is 0 Å². The standard InChI is InChI=1S/C23H24O10/c1-29-12-5-3-11(4-6-12)14-10-31-21-13(17(14)25)7-8-15(30-2)22(21)33-23-20(28)19(27)18(26)16(9-24)32-23/h3-8,10,16,18-20,23-24,26-28H,9H2,1-2H3. The first-order chi connectivity index (χ1) is 15.9. The molecule has 3 aromatic rings. The van der Waals surface area contributed by atoms with Gasteiger partial charge in [-0.25, -0.2) is 0 Å². The van der Waals surface area contributed by atoms with E-state index in [9.17, 15) is 25.2 Å². The van der Waals surface area contributed by atoms with Crippen molar-refractivity contribution in [1.82, 2.24) is 0 Å². The lowest BCUT2D eigenvalue weighted by molar-refractivity contribution is -0.277. The first-order valence-corrected chi connectivity index (χ1v) is 10.1. The van der Waals surface area contributed by atoms with Gasteiger partial charge in [0.05, 0.1) is 31.8 Å². The Morgan fingerprint density at radius 2 is 1.67 bits per heavy atom. The predicted molar refractivity (Wildman–Crippen MR) is 115 cm³/mol. The average Bonchev–Trinajstić information content (AvgIpc) is 2.84. The Labute approximate surface area is 188 Å². The lowest BCUT2D eigenvalue weighted by Crippen LogP contribution is -2.60. The molecule has 1 aliphatic heterocycles. The van der Waals surface area contributed by atoms with Gasteiger partial charge in [0.2, 0.25) is 17.5 Å². The van der Waals surface area contributed by atoms with Crippen LogP contribution in [-0.2, 0) is 4.74 Å². The molecule has 10 nitrogen and oxygen atoms in total. The van der Waals surface area contributed by atoms with Crippen LogP contribution in [0.5, 0.6) is 17.2 Å². The molecule has 0 amide bonds. The van der Waals surface area contributed by atoms with Gasteiger partial charge < -0.3 is 43.8 Å². The molecule has 5 unspecified atom stereocenters. The van der Waals surface area contributed by atoms with Gasteiger partial charge in [-0.3, -0.25) is 4.79 Å². The highest BCUT2D eigenvalue weighted by Crippen LogP contribution is 2.38. The molecule has 5 atom stereocenters. The van der Waals surface area contributed by atoms with Crippen LogP contribution < -0.4 is 19.6 Å². The number of hydrogen-bond donors (Lipinski definition) is 4. The van der Waals surface area contributed by atoms with E-state index in [4.69, 9.17) is 23.4 Å². The molecular formula is C23H24O10. The number of rotatable bonds is 6. The molecular weight excluding hydrogens is 436 g/mol. The first-order valence-electron chi connectivity index (χ1n) is 10.1. The molecule has 1 aliphatic rings. The van der Waals surface area contributed by atoms with E-state index >= 15 is 0 Å². The van der Waals surface area contributed by atoms with E-state index in [0.717, 1.165) is 0 Å². The monoisotopic (exact) mass is 460 g/mol. The van der Waals surface area contributed by atoms with E-state index < -0.39 is 37.3 Å². The van der Waals surface area contributed by atoms with Crippen molar-refractivity contribution in [2.45, 2.75) is 30.7 Å². The molecule has 176 valence electrons. The van der Waals surface area contributed by atoms with E-state index in [1.165, 1.54) is 25.5 Å². The zero-order valence-corrected chi connectivity index (χ0v) is 17.9. The number of aliphatic hydroxyl groups excluding tert-OH is 4. The van der Waals surface area contributed by atoms with Crippen molar-refractivity contribution in [3.63, 3.8) is 0 Å². The summed E-state index contributed by atoms with van der Waals surface area (Å²) in [4.78, 5) is 13.2. The maximum absolute atomic E-state index is 13.2. The first kappa shape index (κ1) is 23.0. The maximum Gasteiger partial charge on any atom is 0.229 e. The Bertz CT molecular complexity index is 1170. The summed E-state index contributed by atoms with van der Waals surface area (Å²) in [7, 11) is 2.93. The van der Waals surface area contributed by atoms with E-state index in [0.29, 0.717) is 16.9 Å². The van der Waals surface area contributed by atoms with Gasteiger partial charge >= 0.3 is 0 Å². The normalized spacial score (nSPS) is 25.1. The Morgan fingerprint density at radius 1 is 0.939 bits per heavy atom. The molecule has 4 N–H and O–H groups in total. The Kier molecular flexibility index (Phi) is 6.54. The van der Waals surface area contributed by atoms with Crippen molar-refractivity contribution >= 4 is 11.0 Å². The van der Waals surface area contributed by atoms with E-state index in [1.54, 1.807) is 31.4 Å². The minimum absolute atomic E-state index is 0.0357. The SMILES string of the molecule is COc1ccc(-c2coc3c(OC4OC(CO)C(O)C(O)C4O)c(OC)ccc3c2=O)cc1. The van der Waals surface area contributed by atoms with Gasteiger partial charge in [0.25, 0.3) is 0 Å². The van der Waals surface area contributed by atoms with Crippen LogP contribution in [0, 0.1) is 0 Å². The lowest BCUT2D eigenvalue weighted by Gasteiger charge is -2.39. The smallest absolute Gasteiger partial charge is 0.229 e. The average molecular weight is 460 g/mol. The van der Waals surface area contributed by atoms with Gasteiger partial charge in [0.15, 0.2) is 11.3 Å². The molecule has 0 aliphatic carbocycles. The van der Waals surface area contributed by atoms with Gasteiger partial charge in [-0.1, -0.05) is 12.1 Å². The summed E-state index contributed by atoms with van der Waals surface area (Å²) in [5.74, 6) is 0.779. The lowest BCUT2D eigenvalue weighted by atomic mass is 9.99. The zero-order valence-electron chi connectivity index (χ0n) is 17.9. The molecule has 2 aromatic carbocycles. The molecule has 33 heavy (non-hydrogen) atoms. The quantitative estimate of drug-likeness (QED) is 0.413. The van der Waals surface area contributed by atoms with Gasteiger partial charge in [-0.2, -0.15) is 0 Å². The maximum atomic E-state index is 13.2. The number of fused-ring (bicyclic) bond motifs is 1. The van der Waals surface area contributed by atoms with Crippen molar-refractivity contribution < 1.29 is 43.8 Å². The van der Waals surface area contributed by atoms with Gasteiger partial charge in [0.1, 0.15) is 36.4 Å². The summed E-state index contributed by atoms with van der Waals surface area (Å²) in [6.07, 6.45) is -6.17. The molecule has 0 radical (unpaired) electrons. The summed E-state index contributed by atoms with van der Waals surface area (Å²) in [5, 5.41) is 39.9. The summed E-state index contributed by atoms with van der Waals surface area (Å²) in [6, 6.07) is 9.92. The van der Waals surface area contributed by atoms with Crippen LogP contribution in [0.25, 0.3) is 22.1 Å². The fourth-order valence-corrected chi connectivity index (χ4v) is 3.68. The Hall–Kier alpha value is -3.15. The molecule has 1 fully saturated rings. The van der Waals surface area contributed by atoms with Crippen molar-refractivity contribution in [1.29, 1.82) is 0 Å². The second-order valence-electron chi connectivity index (χ2n) is 7.50. The van der Waals surface area contributed by atoms with Crippen LogP contribution >= 0.6 is 0 Å². The number of aliphatic hydroxyl groups is 4. The minimum Gasteiger partial charge on any atom is -0.497 e. The summed E-state index contributed by atoms with van der Waals surface area (Å²) in [5.41, 5.74) is 0.643. The Balaban J connectivity index is 1.76. The molecule has 2 heterocycles. The molecule has 1 saturated heterocycles. The number of methoxy groups -OCH3 is 2. The van der Waals surface area contributed by atoms with Crippen LogP contribution in [0.3, 0.4) is 0 Å². The van der Waals surface area contributed by atoms with Crippen molar-refractivity contribution in [2.24, 2.45) is 0 Å². The molecule has 0 spiro atoms. The van der Waals surface area contributed by atoms with E-state index in [2.05, 4.69) is 0 Å². The van der Waals surface area contributed by atoms with Crippen LogP contribution in [0.2, 0.25) is 0 Å². The largest absolute Gasteiger partial charge is 0.497 e. The second-order valence-corrected chi connectivity index (χ2v) is 7.50. The molecule has 10 heteroatoms. The van der Waals surface area contributed by atoms with Gasteiger partial charge in [-0.15, -0.1) is 0 Å². The number of ether oxygens (including phenoxy) is 4. The summed E-state index contributed by atoms with van der Waals surface area (Å²) < 4.78 is 27.4. The molecule has 4 rings (SSSR count). The third kappa shape index (κ3) is 4.14. The predicted octanol–water partition coefficient (Wildman–Crippen LogP) is 0.656. The summed E-state index contributed by atoms with van der Waals surface area (Å²) in [6.45, 7) is -0.613. The van der Waals surface area contributed by atoms with Crippen molar-refractivity contribution in [2.75, 3.05) is 20.8 Å². The highest BCUT2D eigenvalue weighted by molar-refractivity contribution is 5.88. The highest BCUT2D eigenvalue weighted by Gasteiger charge is 2.45. The summed E-state index contributed by atoms with van der Waals surface area (Å²) >= 11 is 0. The third-order valence-corrected chi connectivity index (χ3v) is 5.56. The fraction of sp³-hybridized carbons (Fsp3) is 0.348. The van der Waals surface area contributed by atoms with Crippen molar-refractivity contribution in [3.05, 3.63) is 52.9 Å². The van der Waals surface area contributed by atoms with Gasteiger partial charge in [-0.05, 0) is 29.8 Å². The second kappa shape index (κ2) is 9.38. The molecule has 0 bridgehead atoms. The highest BCUT2D eigenvalue weighted by atomic mass is 16.7. The fourth-order valence-electron chi connectivity index (χ4n) is 3.68. The van der Waals surface area contributed by atoms with E-state index in [1.807, 2.05) is 0 Å². The Morgan fingerprint density at radius 3 is 2.30 bits per heavy atom. The third-order valence-electron chi connectivity index (χ3n) is 5.56. The van der Waals surface area contributed by atoms with Crippen LogP contribution in [-0.4, -0.2) is 72.0 Å². The minimum atomic E-state index is -1.65. The topological polar surface area (TPSA) is 148 Å². The number of benzene rings is 2. The van der Waals surface area contributed by atoms with E-state index in [-0.39, 0.29) is 27.9 Å². The van der Waals surface area contributed by atoms with Gasteiger partial charge in [0, 0.05) is 0 Å². The van der Waals surface area contributed by atoms with Crippen molar-refractivity contribution in [3.8, 4) is 28.4 Å².